The Kier molecular flexibility index (Phi) is 3.87. The van der Waals surface area contributed by atoms with Gasteiger partial charge in [-0.2, -0.15) is 0 Å². The molecule has 2 aliphatic rings. The van der Waals surface area contributed by atoms with Gasteiger partial charge < -0.3 is 9.64 Å². The number of piperidine rings is 1. The fourth-order valence-corrected chi connectivity index (χ4v) is 3.45. The van der Waals surface area contributed by atoms with Crippen molar-refractivity contribution in [2.24, 2.45) is 0 Å². The molecule has 104 valence electrons. The molecule has 0 aliphatic carbocycles. The van der Waals surface area contributed by atoms with Crippen molar-refractivity contribution in [3.05, 3.63) is 35.9 Å². The number of rotatable bonds is 2. The molecule has 3 heteroatoms. The van der Waals surface area contributed by atoms with Crippen molar-refractivity contribution in [1.82, 2.24) is 9.80 Å². The first kappa shape index (κ1) is 13.1. The van der Waals surface area contributed by atoms with Gasteiger partial charge in [-0.1, -0.05) is 30.3 Å². The van der Waals surface area contributed by atoms with Crippen molar-refractivity contribution in [2.45, 2.75) is 25.0 Å². The number of morpholine rings is 1. The fraction of sp³-hybridized carbons (Fsp3) is 0.625. The zero-order chi connectivity index (χ0) is 13.1. The van der Waals surface area contributed by atoms with Gasteiger partial charge >= 0.3 is 0 Å². The minimum absolute atomic E-state index is 0.0834. The highest BCUT2D eigenvalue weighted by molar-refractivity contribution is 5.14. The zero-order valence-corrected chi connectivity index (χ0v) is 11.8. The number of hydrogen-bond acceptors (Lipinski definition) is 3. The van der Waals surface area contributed by atoms with E-state index in [1.54, 1.807) is 0 Å². The van der Waals surface area contributed by atoms with E-state index in [9.17, 15) is 0 Å². The van der Waals surface area contributed by atoms with Crippen LogP contribution in [0, 0.1) is 0 Å². The summed E-state index contributed by atoms with van der Waals surface area (Å²) in [6, 6.07) is 10.8. The number of ether oxygens (including phenoxy) is 1. The van der Waals surface area contributed by atoms with E-state index < -0.39 is 0 Å². The first-order valence-electron chi connectivity index (χ1n) is 7.35. The van der Waals surface area contributed by atoms with E-state index in [2.05, 4.69) is 47.2 Å². The second-order valence-corrected chi connectivity index (χ2v) is 6.07. The van der Waals surface area contributed by atoms with Crippen molar-refractivity contribution in [2.75, 3.05) is 39.8 Å². The quantitative estimate of drug-likeness (QED) is 0.809. The molecule has 1 aromatic carbocycles. The molecule has 2 saturated heterocycles. The molecule has 0 bridgehead atoms. The van der Waals surface area contributed by atoms with Gasteiger partial charge in [0.2, 0.25) is 0 Å². The van der Waals surface area contributed by atoms with Crippen LogP contribution in [-0.4, -0.2) is 55.2 Å². The maximum atomic E-state index is 6.16. The lowest BCUT2D eigenvalue weighted by Gasteiger charge is -2.47. The summed E-state index contributed by atoms with van der Waals surface area (Å²) in [6.07, 6.45) is 2.46. The van der Waals surface area contributed by atoms with E-state index in [0.717, 1.165) is 32.8 Å². The molecule has 19 heavy (non-hydrogen) atoms. The number of benzene rings is 1. The summed E-state index contributed by atoms with van der Waals surface area (Å²) >= 11 is 0. The highest BCUT2D eigenvalue weighted by Gasteiger charge is 2.39. The summed E-state index contributed by atoms with van der Waals surface area (Å²) in [5, 5.41) is 0. The average Bonchev–Trinajstić information content (AvgIpc) is 2.39. The summed E-state index contributed by atoms with van der Waals surface area (Å²) in [4.78, 5) is 4.97. The second-order valence-electron chi connectivity index (χ2n) is 6.07. The molecule has 0 aromatic heterocycles. The van der Waals surface area contributed by atoms with Crippen molar-refractivity contribution in [3.63, 3.8) is 0 Å². The molecule has 2 fully saturated rings. The third kappa shape index (κ3) is 3.16. The van der Waals surface area contributed by atoms with Gasteiger partial charge in [0.25, 0.3) is 0 Å². The lowest BCUT2D eigenvalue weighted by Crippen LogP contribution is -2.58. The Balaban J connectivity index is 1.64. The lowest BCUT2D eigenvalue weighted by atomic mass is 9.90. The van der Waals surface area contributed by atoms with Gasteiger partial charge in [-0.15, -0.1) is 0 Å². The largest absolute Gasteiger partial charge is 0.371 e. The summed E-state index contributed by atoms with van der Waals surface area (Å²) in [7, 11) is 2.21. The van der Waals surface area contributed by atoms with Crippen LogP contribution in [0.4, 0.5) is 0 Å². The van der Waals surface area contributed by atoms with E-state index >= 15 is 0 Å². The Labute approximate surface area is 116 Å². The summed E-state index contributed by atoms with van der Waals surface area (Å²) in [5.74, 6) is 0. The monoisotopic (exact) mass is 260 g/mol. The molecule has 2 aliphatic heterocycles. The number of nitrogens with zero attached hydrogens (tertiary/aromatic N) is 2. The SMILES string of the molecule is CN1CCOC2(CCCN(Cc3ccccc3)C2)C1. The van der Waals surface area contributed by atoms with E-state index in [1.807, 2.05) is 0 Å². The van der Waals surface area contributed by atoms with Gasteiger partial charge in [-0.25, -0.2) is 0 Å². The van der Waals surface area contributed by atoms with Gasteiger partial charge in [0.05, 0.1) is 12.2 Å². The average molecular weight is 260 g/mol. The summed E-state index contributed by atoms with van der Waals surface area (Å²) in [6.45, 7) is 6.36. The first-order valence-corrected chi connectivity index (χ1v) is 7.35. The molecule has 1 spiro atoms. The minimum atomic E-state index is 0.0834. The third-order valence-corrected chi connectivity index (χ3v) is 4.31. The Morgan fingerprint density at radius 2 is 2.00 bits per heavy atom. The first-order chi connectivity index (χ1) is 9.26. The topological polar surface area (TPSA) is 15.7 Å². The minimum Gasteiger partial charge on any atom is -0.371 e. The van der Waals surface area contributed by atoms with Crippen LogP contribution in [0.1, 0.15) is 18.4 Å². The van der Waals surface area contributed by atoms with Crippen LogP contribution < -0.4 is 0 Å². The predicted octanol–water partition coefficient (Wildman–Crippen LogP) is 1.98. The molecule has 1 unspecified atom stereocenters. The molecular formula is C16H24N2O. The van der Waals surface area contributed by atoms with E-state index in [-0.39, 0.29) is 5.60 Å². The maximum Gasteiger partial charge on any atom is 0.0935 e. The number of likely N-dealkylation sites (N-methyl/N-ethyl adjacent to an activating group) is 1. The fourth-order valence-electron chi connectivity index (χ4n) is 3.45. The van der Waals surface area contributed by atoms with Crippen molar-refractivity contribution >= 4 is 0 Å². The van der Waals surface area contributed by atoms with Gasteiger partial charge in [0.1, 0.15) is 0 Å². The molecular weight excluding hydrogens is 236 g/mol. The molecule has 1 aromatic rings. The molecule has 0 N–H and O–H groups in total. The molecule has 0 saturated carbocycles. The molecule has 1 atom stereocenters. The highest BCUT2D eigenvalue weighted by atomic mass is 16.5. The Bertz CT molecular complexity index is 404. The third-order valence-electron chi connectivity index (χ3n) is 4.31. The molecule has 3 nitrogen and oxygen atoms in total. The lowest BCUT2D eigenvalue weighted by molar-refractivity contribution is -0.136. The van der Waals surface area contributed by atoms with Crippen LogP contribution in [0.15, 0.2) is 30.3 Å². The van der Waals surface area contributed by atoms with Gasteiger partial charge in [0.15, 0.2) is 0 Å². The normalized spacial score (nSPS) is 29.7. The van der Waals surface area contributed by atoms with Crippen molar-refractivity contribution in [3.8, 4) is 0 Å². The molecule has 0 radical (unpaired) electrons. The summed E-state index contributed by atoms with van der Waals surface area (Å²) in [5.41, 5.74) is 1.49. The van der Waals surface area contributed by atoms with Crippen LogP contribution >= 0.6 is 0 Å². The summed E-state index contributed by atoms with van der Waals surface area (Å²) < 4.78 is 6.16. The van der Waals surface area contributed by atoms with Crippen LogP contribution in [0.25, 0.3) is 0 Å². The maximum absolute atomic E-state index is 6.16. The van der Waals surface area contributed by atoms with Crippen LogP contribution in [-0.2, 0) is 11.3 Å². The van der Waals surface area contributed by atoms with Gasteiger partial charge in [0, 0.05) is 26.2 Å². The van der Waals surface area contributed by atoms with Crippen molar-refractivity contribution < 1.29 is 4.74 Å². The van der Waals surface area contributed by atoms with Crippen LogP contribution in [0.2, 0.25) is 0 Å². The van der Waals surface area contributed by atoms with Crippen LogP contribution in [0.5, 0.6) is 0 Å². The number of likely N-dealkylation sites (tertiary alicyclic amines) is 1. The van der Waals surface area contributed by atoms with E-state index in [1.165, 1.54) is 24.9 Å². The van der Waals surface area contributed by atoms with Gasteiger partial charge in [-0.3, -0.25) is 4.90 Å². The van der Waals surface area contributed by atoms with Crippen LogP contribution in [0.3, 0.4) is 0 Å². The standard InChI is InChI=1S/C16H24N2O/c1-17-10-11-19-16(13-17)8-5-9-18(14-16)12-15-6-3-2-4-7-15/h2-4,6-7H,5,8-14H2,1H3. The Morgan fingerprint density at radius 3 is 2.79 bits per heavy atom. The van der Waals surface area contributed by atoms with Gasteiger partial charge in [-0.05, 0) is 32.0 Å². The molecule has 0 amide bonds. The second kappa shape index (κ2) is 5.61. The molecule has 3 rings (SSSR count). The Morgan fingerprint density at radius 1 is 1.16 bits per heavy atom. The smallest absolute Gasteiger partial charge is 0.0935 e. The van der Waals surface area contributed by atoms with E-state index in [0.29, 0.717) is 0 Å². The number of hydrogen-bond donors (Lipinski definition) is 0. The highest BCUT2D eigenvalue weighted by Crippen LogP contribution is 2.29. The van der Waals surface area contributed by atoms with Crippen molar-refractivity contribution in [1.29, 1.82) is 0 Å². The predicted molar refractivity (Wildman–Crippen MR) is 77.1 cm³/mol. The zero-order valence-electron chi connectivity index (χ0n) is 11.8. The molecule has 2 heterocycles. The Hall–Kier alpha value is -0.900. The van der Waals surface area contributed by atoms with E-state index in [4.69, 9.17) is 4.74 Å².